The number of carbonyl (C=O) groups is 3. The van der Waals surface area contributed by atoms with E-state index in [-0.39, 0.29) is 38.7 Å². The van der Waals surface area contributed by atoms with Crippen LogP contribution in [0.3, 0.4) is 0 Å². The van der Waals surface area contributed by atoms with Gasteiger partial charge in [0.05, 0.1) is 22.6 Å². The predicted molar refractivity (Wildman–Crippen MR) is 125 cm³/mol. The van der Waals surface area contributed by atoms with E-state index >= 15 is 0 Å². The lowest BCUT2D eigenvalue weighted by Crippen LogP contribution is -2.24. The van der Waals surface area contributed by atoms with Gasteiger partial charge < -0.3 is 4.74 Å². The Bertz CT molecular complexity index is 1530. The number of rotatable bonds is 7. The van der Waals surface area contributed by atoms with Crippen LogP contribution in [0.25, 0.3) is 10.9 Å². The monoisotopic (exact) mass is 496 g/mol. The Morgan fingerprint density at radius 3 is 2.29 bits per heavy atom. The van der Waals surface area contributed by atoms with Crippen molar-refractivity contribution in [3.8, 4) is 0 Å². The van der Waals surface area contributed by atoms with Crippen LogP contribution in [0, 0.1) is 0 Å². The third-order valence-electron chi connectivity index (χ3n) is 5.01. The molecule has 0 N–H and O–H groups in total. The van der Waals surface area contributed by atoms with E-state index in [1.165, 1.54) is 61.7 Å². The van der Waals surface area contributed by atoms with Crippen LogP contribution in [0.4, 0.5) is 0 Å². The quantitative estimate of drug-likeness (QED) is 0.165. The van der Waals surface area contributed by atoms with Gasteiger partial charge in [-0.05, 0) is 37.3 Å². The van der Waals surface area contributed by atoms with Gasteiger partial charge in [0.25, 0.3) is 15.8 Å². The summed E-state index contributed by atoms with van der Waals surface area (Å²) < 4.78 is 33.1. The summed E-state index contributed by atoms with van der Waals surface area (Å²) in [7, 11) is -4.36. The molecular weight excluding hydrogens is 480 g/mol. The van der Waals surface area contributed by atoms with Gasteiger partial charge in [-0.2, -0.15) is 0 Å². The fourth-order valence-corrected chi connectivity index (χ4v) is 5.20. The molecule has 34 heavy (non-hydrogen) atoms. The minimum absolute atomic E-state index is 0.0189. The van der Waals surface area contributed by atoms with Crippen LogP contribution < -0.4 is 0 Å². The highest BCUT2D eigenvalue weighted by Gasteiger charge is 2.36. The second kappa shape index (κ2) is 9.20. The van der Waals surface area contributed by atoms with Crippen LogP contribution in [0.2, 0.25) is 5.15 Å². The zero-order chi connectivity index (χ0) is 24.5. The molecule has 8 nitrogen and oxygen atoms in total. The maximum atomic E-state index is 13.7. The van der Waals surface area contributed by atoms with Gasteiger partial charge in [0.15, 0.2) is 0 Å². The first-order chi connectivity index (χ1) is 16.3. The third-order valence-corrected chi connectivity index (χ3v) is 6.96. The minimum atomic E-state index is -4.36. The highest BCUT2D eigenvalue weighted by molar-refractivity contribution is 7.90. The number of benzene rings is 2. The van der Waals surface area contributed by atoms with Crippen molar-refractivity contribution in [2.24, 2.45) is 0 Å². The molecule has 0 spiro atoms. The Hall–Kier alpha value is -3.82. The predicted octanol–water partition coefficient (Wildman–Crippen LogP) is 3.90. The Labute approximate surface area is 199 Å². The number of pyridine rings is 1. The van der Waals surface area contributed by atoms with Gasteiger partial charge in [0.2, 0.25) is 5.78 Å². The molecule has 0 aliphatic carbocycles. The standard InChI is InChI=1S/C24H17ClN2O6S/c1-2-33-24(30)23(29)20-17-10-6-7-11-18(17)27(34(31,32)16-8-4-3-5-9-16)21(20)22(28)15-12-13-19(25)26-14-15/h3-14H,2H2,1H3. The number of carbonyl (C=O) groups excluding carboxylic acids is 3. The zero-order valence-electron chi connectivity index (χ0n) is 17.8. The van der Waals surface area contributed by atoms with E-state index in [0.717, 1.165) is 3.97 Å². The fourth-order valence-electron chi connectivity index (χ4n) is 3.54. The van der Waals surface area contributed by atoms with Crippen molar-refractivity contribution in [3.05, 3.63) is 94.9 Å². The number of halogens is 1. The maximum absolute atomic E-state index is 13.7. The van der Waals surface area contributed by atoms with Crippen molar-refractivity contribution in [1.82, 2.24) is 8.96 Å². The summed E-state index contributed by atoms with van der Waals surface area (Å²) in [5.41, 5.74) is -0.820. The molecule has 10 heteroatoms. The molecule has 0 radical (unpaired) electrons. The molecule has 172 valence electrons. The van der Waals surface area contributed by atoms with Crippen LogP contribution in [0.1, 0.15) is 33.3 Å². The molecule has 2 aromatic carbocycles. The van der Waals surface area contributed by atoms with Gasteiger partial charge >= 0.3 is 5.97 Å². The lowest BCUT2D eigenvalue weighted by Gasteiger charge is -2.12. The number of aromatic nitrogens is 2. The second-order valence-corrected chi connectivity index (χ2v) is 9.25. The summed E-state index contributed by atoms with van der Waals surface area (Å²) in [6.07, 6.45) is 1.17. The van der Waals surface area contributed by atoms with Gasteiger partial charge in [0.1, 0.15) is 10.8 Å². The van der Waals surface area contributed by atoms with E-state index in [1.807, 2.05) is 0 Å². The van der Waals surface area contributed by atoms with Gasteiger partial charge in [-0.15, -0.1) is 0 Å². The number of ketones is 2. The van der Waals surface area contributed by atoms with Gasteiger partial charge in [0, 0.05) is 17.1 Å². The highest BCUT2D eigenvalue weighted by atomic mass is 35.5. The largest absolute Gasteiger partial charge is 0.460 e. The van der Waals surface area contributed by atoms with Gasteiger partial charge in [-0.3, -0.25) is 9.59 Å². The molecule has 4 rings (SSSR count). The molecule has 4 aromatic rings. The average Bonchev–Trinajstić information content (AvgIpc) is 3.20. The van der Waals surface area contributed by atoms with Crippen LogP contribution >= 0.6 is 11.6 Å². The van der Waals surface area contributed by atoms with Crippen molar-refractivity contribution in [3.63, 3.8) is 0 Å². The van der Waals surface area contributed by atoms with E-state index in [1.54, 1.807) is 18.2 Å². The average molecular weight is 497 g/mol. The van der Waals surface area contributed by atoms with Crippen LogP contribution in [0.5, 0.6) is 0 Å². The van der Waals surface area contributed by atoms with E-state index in [9.17, 15) is 22.8 Å². The number of fused-ring (bicyclic) bond motifs is 1. The molecule has 2 heterocycles. The fraction of sp³-hybridized carbons (Fsp3) is 0.0833. The van der Waals surface area contributed by atoms with Crippen LogP contribution in [-0.2, 0) is 19.6 Å². The molecule has 0 aliphatic rings. The molecular formula is C24H17ClN2O6S. The lowest BCUT2D eigenvalue weighted by molar-refractivity contribution is -0.137. The van der Waals surface area contributed by atoms with E-state index < -0.39 is 33.3 Å². The third kappa shape index (κ3) is 4.00. The Morgan fingerprint density at radius 1 is 0.971 bits per heavy atom. The van der Waals surface area contributed by atoms with Crippen molar-refractivity contribution in [2.45, 2.75) is 11.8 Å². The summed E-state index contributed by atoms with van der Waals surface area (Å²) in [6, 6.07) is 16.2. The number of Topliss-reactive ketones (excluding diaryl/α,β-unsaturated/α-hetero) is 1. The molecule has 0 unspecified atom stereocenters. The van der Waals surface area contributed by atoms with E-state index in [0.29, 0.717) is 0 Å². The molecule has 2 aromatic heterocycles. The molecule has 0 fully saturated rings. The first-order valence-corrected chi connectivity index (χ1v) is 11.9. The Morgan fingerprint density at radius 2 is 1.65 bits per heavy atom. The van der Waals surface area contributed by atoms with E-state index in [2.05, 4.69) is 4.98 Å². The first-order valence-electron chi connectivity index (χ1n) is 10.1. The molecule has 0 saturated heterocycles. The Kier molecular flexibility index (Phi) is 6.32. The second-order valence-electron chi connectivity index (χ2n) is 7.07. The van der Waals surface area contributed by atoms with Crippen molar-refractivity contribution in [1.29, 1.82) is 0 Å². The van der Waals surface area contributed by atoms with Crippen molar-refractivity contribution < 1.29 is 27.5 Å². The summed E-state index contributed by atoms with van der Waals surface area (Å²) in [5, 5.41) is 0.238. The normalized spacial score (nSPS) is 11.4. The molecule has 0 aliphatic heterocycles. The summed E-state index contributed by atoms with van der Waals surface area (Å²) in [4.78, 5) is 43.0. The maximum Gasteiger partial charge on any atom is 0.379 e. The van der Waals surface area contributed by atoms with Crippen molar-refractivity contribution in [2.75, 3.05) is 6.61 Å². The number of nitrogens with zero attached hydrogens (tertiary/aromatic N) is 2. The minimum Gasteiger partial charge on any atom is -0.460 e. The molecule has 0 bridgehead atoms. The van der Waals surface area contributed by atoms with Crippen LogP contribution in [-0.4, -0.2) is 41.5 Å². The lowest BCUT2D eigenvalue weighted by atomic mass is 10.0. The molecule has 0 amide bonds. The zero-order valence-corrected chi connectivity index (χ0v) is 19.3. The number of ether oxygens (including phenoxy) is 1. The molecule has 0 saturated carbocycles. The van der Waals surface area contributed by atoms with E-state index in [4.69, 9.17) is 16.3 Å². The highest BCUT2D eigenvalue weighted by Crippen LogP contribution is 2.32. The topological polar surface area (TPSA) is 112 Å². The number of esters is 1. The molecule has 0 atom stereocenters. The number of para-hydroxylation sites is 1. The number of hydrogen-bond acceptors (Lipinski definition) is 7. The van der Waals surface area contributed by atoms with Gasteiger partial charge in [-0.1, -0.05) is 48.0 Å². The smallest absolute Gasteiger partial charge is 0.379 e. The van der Waals surface area contributed by atoms with Crippen molar-refractivity contribution >= 4 is 50.1 Å². The van der Waals surface area contributed by atoms with Gasteiger partial charge in [-0.25, -0.2) is 22.2 Å². The SMILES string of the molecule is CCOC(=O)C(=O)c1c(C(=O)c2ccc(Cl)nc2)n(S(=O)(=O)c2ccccc2)c2ccccc12. The summed E-state index contributed by atoms with van der Waals surface area (Å²) in [5.74, 6) is -3.16. The number of hydrogen-bond donors (Lipinski definition) is 0. The van der Waals surface area contributed by atoms with Crippen LogP contribution in [0.15, 0.2) is 77.8 Å². The summed E-state index contributed by atoms with van der Waals surface area (Å²) >= 11 is 5.83. The Balaban J connectivity index is 2.11. The first kappa shape index (κ1) is 23.3. The summed E-state index contributed by atoms with van der Waals surface area (Å²) in [6.45, 7) is 1.45.